The third kappa shape index (κ3) is 1.18. The molecule has 0 saturated carbocycles. The van der Waals surface area contributed by atoms with Crippen molar-refractivity contribution in [1.29, 1.82) is 0 Å². The summed E-state index contributed by atoms with van der Waals surface area (Å²) in [6.45, 7) is 0. The average Bonchev–Trinajstić information content (AvgIpc) is 2.57. The van der Waals surface area contributed by atoms with E-state index in [4.69, 9.17) is 0 Å². The number of para-hydroxylation sites is 1. The number of rotatable bonds is 0. The minimum atomic E-state index is 1.11. The van der Waals surface area contributed by atoms with Gasteiger partial charge in [-0.1, -0.05) is 24.3 Å². The Hall–Kier alpha value is -1.15. The number of nitrogens with zero attached hydrogens (tertiary/aromatic N) is 1. The highest BCUT2D eigenvalue weighted by molar-refractivity contribution is 7.98. The fourth-order valence-corrected chi connectivity index (χ4v) is 2.72. The van der Waals surface area contributed by atoms with Crippen molar-refractivity contribution in [3.63, 3.8) is 0 Å². The van der Waals surface area contributed by atoms with E-state index < -0.39 is 0 Å². The lowest BCUT2D eigenvalue weighted by atomic mass is 10.2. The van der Waals surface area contributed by atoms with Gasteiger partial charge in [-0.2, -0.15) is 11.8 Å². The summed E-state index contributed by atoms with van der Waals surface area (Å²) in [6, 6.07) is 8.73. The van der Waals surface area contributed by atoms with Crippen LogP contribution in [0.25, 0.3) is 17.1 Å². The van der Waals surface area contributed by atoms with Crippen LogP contribution >= 0.6 is 11.8 Å². The number of aromatic nitrogens is 1. The Morgan fingerprint density at radius 2 is 2.21 bits per heavy atom. The van der Waals surface area contributed by atoms with Crippen LogP contribution in [0.5, 0.6) is 0 Å². The summed E-state index contributed by atoms with van der Waals surface area (Å²) < 4.78 is 2.23. The van der Waals surface area contributed by atoms with Crippen molar-refractivity contribution in [2.75, 3.05) is 5.75 Å². The van der Waals surface area contributed by atoms with Crippen LogP contribution in [0.1, 0.15) is 5.56 Å². The molecule has 0 atom stereocenters. The fourth-order valence-electron chi connectivity index (χ4n) is 1.93. The van der Waals surface area contributed by atoms with Crippen LogP contribution in [0.4, 0.5) is 0 Å². The zero-order valence-corrected chi connectivity index (χ0v) is 8.63. The highest BCUT2D eigenvalue weighted by Gasteiger charge is 2.06. The molecule has 0 unspecified atom stereocenters. The smallest absolute Gasteiger partial charge is 0.0562 e. The molecule has 2 aromatic rings. The maximum Gasteiger partial charge on any atom is 0.0562 e. The highest BCUT2D eigenvalue weighted by Crippen LogP contribution is 2.25. The van der Waals surface area contributed by atoms with Gasteiger partial charge in [-0.05, 0) is 11.6 Å². The first-order chi connectivity index (χ1) is 6.95. The average molecular weight is 201 g/mol. The topological polar surface area (TPSA) is 4.93 Å². The summed E-state index contributed by atoms with van der Waals surface area (Å²) >= 11 is 1.97. The molecular weight excluding hydrogens is 190 g/mol. The molecule has 1 nitrogen and oxygen atoms in total. The van der Waals surface area contributed by atoms with E-state index in [-0.39, 0.29) is 0 Å². The van der Waals surface area contributed by atoms with Gasteiger partial charge >= 0.3 is 0 Å². The fraction of sp³-hybridized carbons (Fsp3) is 0.167. The van der Waals surface area contributed by atoms with E-state index in [0.717, 1.165) is 11.5 Å². The SMILES string of the molecule is C1=Cn2ccc3cccc(c32)CSC1. The van der Waals surface area contributed by atoms with Gasteiger partial charge in [0.05, 0.1) is 5.52 Å². The maximum atomic E-state index is 2.23. The van der Waals surface area contributed by atoms with Crippen LogP contribution in [0.2, 0.25) is 0 Å². The Balaban J connectivity index is 2.38. The predicted octanol–water partition coefficient (Wildman–Crippen LogP) is 3.36. The molecule has 0 bridgehead atoms. The molecule has 0 spiro atoms. The molecule has 1 aromatic heterocycles. The second-order valence-electron chi connectivity index (χ2n) is 3.48. The van der Waals surface area contributed by atoms with Crippen molar-refractivity contribution >= 4 is 28.9 Å². The normalized spacial score (nSPS) is 15.4. The minimum absolute atomic E-state index is 1.11. The zero-order valence-electron chi connectivity index (χ0n) is 7.81. The summed E-state index contributed by atoms with van der Waals surface area (Å²) in [5, 5.41) is 1.34. The Morgan fingerprint density at radius 1 is 1.21 bits per heavy atom. The van der Waals surface area contributed by atoms with Crippen molar-refractivity contribution in [3.05, 3.63) is 42.1 Å². The van der Waals surface area contributed by atoms with Gasteiger partial charge in [0, 0.05) is 29.3 Å². The van der Waals surface area contributed by atoms with E-state index in [1.807, 2.05) is 11.8 Å². The van der Waals surface area contributed by atoms with Gasteiger partial charge in [0.25, 0.3) is 0 Å². The van der Waals surface area contributed by atoms with Gasteiger partial charge < -0.3 is 4.57 Å². The molecule has 2 heteroatoms. The third-order valence-electron chi connectivity index (χ3n) is 2.56. The largest absolute Gasteiger partial charge is 0.323 e. The van der Waals surface area contributed by atoms with Gasteiger partial charge in [0.15, 0.2) is 0 Å². The molecule has 0 amide bonds. The standard InChI is InChI=1S/C12H11NS/c1-3-10-5-7-13-6-2-8-14-9-11(4-1)12(10)13/h1-7H,8-9H2. The molecule has 0 fully saturated rings. The molecule has 0 radical (unpaired) electrons. The first kappa shape index (κ1) is 8.18. The highest BCUT2D eigenvalue weighted by atomic mass is 32.2. The lowest BCUT2D eigenvalue weighted by Gasteiger charge is -2.08. The number of benzene rings is 1. The first-order valence-corrected chi connectivity index (χ1v) is 5.93. The van der Waals surface area contributed by atoms with Gasteiger partial charge in [-0.3, -0.25) is 0 Å². The van der Waals surface area contributed by atoms with E-state index >= 15 is 0 Å². The molecule has 0 aliphatic carbocycles. The quantitative estimate of drug-likeness (QED) is 0.632. The second-order valence-corrected chi connectivity index (χ2v) is 4.51. The molecule has 0 N–H and O–H groups in total. The van der Waals surface area contributed by atoms with Gasteiger partial charge in [-0.25, -0.2) is 0 Å². The summed E-state index contributed by atoms with van der Waals surface area (Å²) in [6.07, 6.45) is 6.53. The van der Waals surface area contributed by atoms with Crippen LogP contribution in [0.3, 0.4) is 0 Å². The summed E-state index contributed by atoms with van der Waals surface area (Å²) in [5.74, 6) is 2.22. The molecule has 2 heterocycles. The van der Waals surface area contributed by atoms with E-state index in [1.54, 1.807) is 0 Å². The Labute approximate surface area is 87.4 Å². The van der Waals surface area contributed by atoms with E-state index in [1.165, 1.54) is 16.5 Å². The van der Waals surface area contributed by atoms with Crippen molar-refractivity contribution in [1.82, 2.24) is 4.57 Å². The monoisotopic (exact) mass is 201 g/mol. The van der Waals surface area contributed by atoms with Crippen molar-refractivity contribution < 1.29 is 0 Å². The molecule has 70 valence electrons. The molecule has 1 aromatic carbocycles. The van der Waals surface area contributed by atoms with E-state index in [0.29, 0.717) is 0 Å². The number of hydrogen-bond donors (Lipinski definition) is 0. The van der Waals surface area contributed by atoms with Crippen molar-refractivity contribution in [2.45, 2.75) is 5.75 Å². The zero-order chi connectivity index (χ0) is 9.38. The van der Waals surface area contributed by atoms with Gasteiger partial charge in [-0.15, -0.1) is 0 Å². The lowest BCUT2D eigenvalue weighted by molar-refractivity contribution is 1.20. The number of thioether (sulfide) groups is 1. The van der Waals surface area contributed by atoms with Gasteiger partial charge in [0.2, 0.25) is 0 Å². The molecule has 1 aliphatic rings. The van der Waals surface area contributed by atoms with E-state index in [2.05, 4.69) is 47.3 Å². The lowest BCUT2D eigenvalue weighted by Crippen LogP contribution is -1.93. The summed E-state index contributed by atoms with van der Waals surface area (Å²) in [5.41, 5.74) is 2.82. The Kier molecular flexibility index (Phi) is 1.88. The van der Waals surface area contributed by atoms with Crippen LogP contribution in [0.15, 0.2) is 36.5 Å². The van der Waals surface area contributed by atoms with Crippen molar-refractivity contribution in [3.8, 4) is 0 Å². The van der Waals surface area contributed by atoms with Gasteiger partial charge in [0.1, 0.15) is 0 Å². The molecule has 1 aliphatic heterocycles. The Morgan fingerprint density at radius 3 is 3.21 bits per heavy atom. The first-order valence-electron chi connectivity index (χ1n) is 4.78. The number of hydrogen-bond acceptors (Lipinski definition) is 1. The van der Waals surface area contributed by atoms with Crippen molar-refractivity contribution in [2.24, 2.45) is 0 Å². The summed E-state index contributed by atoms with van der Waals surface area (Å²) in [7, 11) is 0. The van der Waals surface area contributed by atoms with Crippen LogP contribution in [-0.4, -0.2) is 10.3 Å². The molecule has 14 heavy (non-hydrogen) atoms. The van der Waals surface area contributed by atoms with Crippen LogP contribution < -0.4 is 0 Å². The second kappa shape index (κ2) is 3.21. The summed E-state index contributed by atoms with van der Waals surface area (Å²) in [4.78, 5) is 0. The predicted molar refractivity (Wildman–Crippen MR) is 63.4 cm³/mol. The van der Waals surface area contributed by atoms with E-state index in [9.17, 15) is 0 Å². The molecule has 0 saturated heterocycles. The molecule has 3 rings (SSSR count). The van der Waals surface area contributed by atoms with Crippen LogP contribution in [0, 0.1) is 0 Å². The maximum absolute atomic E-state index is 2.23. The third-order valence-corrected chi connectivity index (χ3v) is 3.50. The van der Waals surface area contributed by atoms with Crippen LogP contribution in [-0.2, 0) is 5.75 Å². The minimum Gasteiger partial charge on any atom is -0.323 e. The Bertz CT molecular complexity index is 496. The molecular formula is C12H11NS.